The molecule has 0 aliphatic carbocycles. The molecular weight excluding hydrogens is 286 g/mol. The van der Waals surface area contributed by atoms with Crippen LogP contribution < -0.4 is 5.32 Å². The fraction of sp³-hybridized carbons (Fsp3) is 0.562. The second-order valence-corrected chi connectivity index (χ2v) is 6.00. The third-order valence-corrected chi connectivity index (χ3v) is 4.30. The number of nitrogens with one attached hydrogen (secondary N) is 1. The molecule has 0 bridgehead atoms. The number of hydrogen-bond acceptors (Lipinski definition) is 3. The first-order valence-electron chi connectivity index (χ1n) is 7.55. The molecule has 5 heteroatoms. The predicted molar refractivity (Wildman–Crippen MR) is 86.6 cm³/mol. The summed E-state index contributed by atoms with van der Waals surface area (Å²) in [5.41, 5.74) is 1.21. The number of nitrogens with zero attached hydrogens (tertiary/aromatic N) is 2. The van der Waals surface area contributed by atoms with Gasteiger partial charge in [-0.1, -0.05) is 30.7 Å². The third-order valence-electron chi connectivity index (χ3n) is 4.05. The van der Waals surface area contributed by atoms with Gasteiger partial charge in [-0.25, -0.2) is 0 Å². The zero-order valence-corrected chi connectivity index (χ0v) is 13.6. The Morgan fingerprint density at radius 3 is 2.43 bits per heavy atom. The molecule has 2 rings (SSSR count). The number of benzene rings is 1. The quantitative estimate of drug-likeness (QED) is 0.905. The molecule has 1 atom stereocenters. The van der Waals surface area contributed by atoms with Crippen molar-refractivity contribution in [3.8, 4) is 0 Å². The van der Waals surface area contributed by atoms with Crippen molar-refractivity contribution < 1.29 is 4.79 Å². The van der Waals surface area contributed by atoms with Crippen molar-refractivity contribution in [1.29, 1.82) is 0 Å². The fourth-order valence-electron chi connectivity index (χ4n) is 2.61. The zero-order valence-electron chi connectivity index (χ0n) is 12.8. The molecule has 1 saturated heterocycles. The molecule has 0 radical (unpaired) electrons. The highest BCUT2D eigenvalue weighted by Crippen LogP contribution is 2.23. The van der Waals surface area contributed by atoms with Crippen LogP contribution in [0.1, 0.15) is 24.9 Å². The van der Waals surface area contributed by atoms with Gasteiger partial charge in [0.15, 0.2) is 0 Å². The van der Waals surface area contributed by atoms with E-state index in [0.717, 1.165) is 31.2 Å². The highest BCUT2D eigenvalue weighted by molar-refractivity contribution is 6.30. The molecule has 21 heavy (non-hydrogen) atoms. The maximum Gasteiger partial charge on any atom is 0.219 e. The van der Waals surface area contributed by atoms with Crippen molar-refractivity contribution in [2.75, 3.05) is 39.8 Å². The zero-order chi connectivity index (χ0) is 15.2. The Hall–Kier alpha value is -1.10. The van der Waals surface area contributed by atoms with Crippen LogP contribution in [0.4, 0.5) is 0 Å². The van der Waals surface area contributed by atoms with Gasteiger partial charge >= 0.3 is 0 Å². The van der Waals surface area contributed by atoms with Crippen molar-refractivity contribution >= 4 is 17.5 Å². The van der Waals surface area contributed by atoms with E-state index < -0.39 is 0 Å². The Balaban J connectivity index is 2.09. The minimum atomic E-state index is 0.100. The van der Waals surface area contributed by atoms with Crippen molar-refractivity contribution in [3.63, 3.8) is 0 Å². The van der Waals surface area contributed by atoms with E-state index in [1.807, 2.05) is 19.1 Å². The average molecular weight is 310 g/mol. The van der Waals surface area contributed by atoms with E-state index in [1.165, 1.54) is 5.56 Å². The van der Waals surface area contributed by atoms with Crippen LogP contribution in [0.5, 0.6) is 0 Å². The van der Waals surface area contributed by atoms with E-state index >= 15 is 0 Å². The summed E-state index contributed by atoms with van der Waals surface area (Å²) < 4.78 is 0. The SMILES string of the molecule is CCC(=O)NC[C@@H](c1ccc(Cl)cc1)N1CCN(C)CC1. The van der Waals surface area contributed by atoms with Crippen LogP contribution in [0.2, 0.25) is 5.02 Å². The summed E-state index contributed by atoms with van der Waals surface area (Å²) in [6, 6.07) is 8.17. The summed E-state index contributed by atoms with van der Waals surface area (Å²) in [5.74, 6) is 0.100. The number of amides is 1. The molecule has 1 heterocycles. The first-order valence-corrected chi connectivity index (χ1v) is 7.92. The smallest absolute Gasteiger partial charge is 0.219 e. The van der Waals surface area contributed by atoms with Crippen LogP contribution in [0, 0.1) is 0 Å². The molecule has 1 amide bonds. The number of piperazine rings is 1. The van der Waals surface area contributed by atoms with Gasteiger partial charge in [-0.3, -0.25) is 9.69 Å². The number of carbonyl (C=O) groups is 1. The molecule has 1 aliphatic rings. The van der Waals surface area contributed by atoms with Crippen LogP contribution >= 0.6 is 11.6 Å². The second-order valence-electron chi connectivity index (χ2n) is 5.56. The van der Waals surface area contributed by atoms with Gasteiger partial charge in [0, 0.05) is 44.2 Å². The van der Waals surface area contributed by atoms with Gasteiger partial charge in [0.2, 0.25) is 5.91 Å². The van der Waals surface area contributed by atoms with E-state index in [2.05, 4.69) is 34.3 Å². The average Bonchev–Trinajstić information content (AvgIpc) is 2.50. The van der Waals surface area contributed by atoms with Crippen molar-refractivity contribution in [2.24, 2.45) is 0 Å². The van der Waals surface area contributed by atoms with Gasteiger partial charge in [0.05, 0.1) is 6.04 Å². The number of carbonyl (C=O) groups excluding carboxylic acids is 1. The fourth-order valence-corrected chi connectivity index (χ4v) is 2.74. The number of hydrogen-bond donors (Lipinski definition) is 1. The Morgan fingerprint density at radius 1 is 1.24 bits per heavy atom. The number of rotatable bonds is 5. The first-order chi connectivity index (χ1) is 10.1. The maximum atomic E-state index is 11.6. The predicted octanol–water partition coefficient (Wildman–Crippen LogP) is 2.15. The Kier molecular flexibility index (Phi) is 6.03. The summed E-state index contributed by atoms with van der Waals surface area (Å²) in [7, 11) is 2.15. The maximum absolute atomic E-state index is 11.6. The lowest BCUT2D eigenvalue weighted by Gasteiger charge is -2.38. The minimum absolute atomic E-state index is 0.100. The van der Waals surface area contributed by atoms with E-state index in [0.29, 0.717) is 13.0 Å². The lowest BCUT2D eigenvalue weighted by Crippen LogP contribution is -2.48. The highest BCUT2D eigenvalue weighted by atomic mass is 35.5. The van der Waals surface area contributed by atoms with Crippen molar-refractivity contribution in [1.82, 2.24) is 15.1 Å². The standard InChI is InChI=1S/C16H24ClN3O/c1-3-16(21)18-12-15(13-4-6-14(17)7-5-13)20-10-8-19(2)9-11-20/h4-7,15H,3,8-12H2,1-2H3,(H,18,21)/t15-/m0/s1. The normalized spacial score (nSPS) is 18.4. The molecule has 1 aliphatic heterocycles. The molecule has 1 aromatic rings. The van der Waals surface area contributed by atoms with Crippen LogP contribution in [0.3, 0.4) is 0 Å². The van der Waals surface area contributed by atoms with E-state index in [1.54, 1.807) is 0 Å². The summed E-state index contributed by atoms with van der Waals surface area (Å²) in [6.07, 6.45) is 0.524. The monoisotopic (exact) mass is 309 g/mol. The van der Waals surface area contributed by atoms with E-state index in [4.69, 9.17) is 11.6 Å². The number of halogens is 1. The van der Waals surface area contributed by atoms with Crippen LogP contribution in [0.15, 0.2) is 24.3 Å². The van der Waals surface area contributed by atoms with Gasteiger partial charge < -0.3 is 10.2 Å². The summed E-state index contributed by atoms with van der Waals surface area (Å²) >= 11 is 5.98. The Bertz CT molecular complexity index is 455. The third kappa shape index (κ3) is 4.70. The van der Waals surface area contributed by atoms with Crippen LogP contribution in [-0.2, 0) is 4.79 Å². The summed E-state index contributed by atoms with van der Waals surface area (Å²) in [5, 5.41) is 3.77. The van der Waals surface area contributed by atoms with Gasteiger partial charge in [0.1, 0.15) is 0 Å². The summed E-state index contributed by atoms with van der Waals surface area (Å²) in [6.45, 7) is 6.69. The van der Waals surface area contributed by atoms with Crippen molar-refractivity contribution in [3.05, 3.63) is 34.9 Å². The molecule has 1 aromatic carbocycles. The van der Waals surface area contributed by atoms with Gasteiger partial charge in [-0.2, -0.15) is 0 Å². The van der Waals surface area contributed by atoms with Gasteiger partial charge in [-0.05, 0) is 24.7 Å². The topological polar surface area (TPSA) is 35.6 Å². The van der Waals surface area contributed by atoms with Gasteiger partial charge in [0.25, 0.3) is 0 Å². The van der Waals surface area contributed by atoms with Crippen LogP contribution in [-0.4, -0.2) is 55.5 Å². The number of likely N-dealkylation sites (N-methyl/N-ethyl adjacent to an activating group) is 1. The molecular formula is C16H24ClN3O. The Labute approximate surface area is 132 Å². The molecule has 1 fully saturated rings. The molecule has 116 valence electrons. The molecule has 0 saturated carbocycles. The minimum Gasteiger partial charge on any atom is -0.354 e. The van der Waals surface area contributed by atoms with Crippen LogP contribution in [0.25, 0.3) is 0 Å². The molecule has 0 unspecified atom stereocenters. The largest absolute Gasteiger partial charge is 0.354 e. The lowest BCUT2D eigenvalue weighted by atomic mass is 10.0. The van der Waals surface area contributed by atoms with E-state index in [9.17, 15) is 4.79 Å². The lowest BCUT2D eigenvalue weighted by molar-refractivity contribution is -0.121. The first kappa shape index (κ1) is 16.3. The molecule has 0 aromatic heterocycles. The molecule has 1 N–H and O–H groups in total. The Morgan fingerprint density at radius 2 is 1.86 bits per heavy atom. The summed E-state index contributed by atoms with van der Waals surface area (Å²) in [4.78, 5) is 16.4. The molecule has 4 nitrogen and oxygen atoms in total. The molecule has 0 spiro atoms. The highest BCUT2D eigenvalue weighted by Gasteiger charge is 2.24. The van der Waals surface area contributed by atoms with Crippen molar-refractivity contribution in [2.45, 2.75) is 19.4 Å². The van der Waals surface area contributed by atoms with Gasteiger partial charge in [-0.15, -0.1) is 0 Å². The van der Waals surface area contributed by atoms with E-state index in [-0.39, 0.29) is 11.9 Å². The second kappa shape index (κ2) is 7.78.